The number of aromatic amines is 1. The van der Waals surface area contributed by atoms with Crippen molar-refractivity contribution in [1.82, 2.24) is 19.9 Å². The van der Waals surface area contributed by atoms with Gasteiger partial charge in [-0.25, -0.2) is 29.5 Å². The minimum absolute atomic E-state index is 0.101. The summed E-state index contributed by atoms with van der Waals surface area (Å²) in [4.78, 5) is 65.6. The molecule has 0 atom stereocenters. The van der Waals surface area contributed by atoms with Gasteiger partial charge in [-0.2, -0.15) is 0 Å². The molecule has 3 N–H and O–H groups in total. The van der Waals surface area contributed by atoms with Gasteiger partial charge in [0.2, 0.25) is 0 Å². The summed E-state index contributed by atoms with van der Waals surface area (Å²) in [6, 6.07) is 17.1. The zero-order valence-electron chi connectivity index (χ0n) is 29.3. The molecule has 3 aromatic heterocycles. The fourth-order valence-electron chi connectivity index (χ4n) is 4.57. The summed E-state index contributed by atoms with van der Waals surface area (Å²) >= 11 is 0. The third-order valence-electron chi connectivity index (χ3n) is 6.53. The number of Topliss-reactive ketones (excluding diaryl/α,β-unsaturated/α-hetero) is 1. The molecule has 0 unspecified atom stereocenters. The van der Waals surface area contributed by atoms with Crippen LogP contribution in [0.3, 0.4) is 0 Å². The minimum Gasteiger partial charge on any atom is -0.457 e. The van der Waals surface area contributed by atoms with Gasteiger partial charge in [-0.05, 0) is 71.9 Å². The normalized spacial score (nSPS) is 12.2. The molecule has 0 spiro atoms. The Labute approximate surface area is 298 Å². The average molecular weight is 708 g/mol. The monoisotopic (exact) mass is 707 g/mol. The van der Waals surface area contributed by atoms with E-state index in [4.69, 9.17) is 18.9 Å². The molecule has 52 heavy (non-hydrogen) atoms. The van der Waals surface area contributed by atoms with Crippen molar-refractivity contribution in [3.05, 3.63) is 95.2 Å². The quantitative estimate of drug-likeness (QED) is 0.158. The fraction of sp³-hybridized carbons (Fsp3) is 0.243. The number of benzene rings is 2. The van der Waals surface area contributed by atoms with Gasteiger partial charge < -0.3 is 23.9 Å². The molecule has 1 aliphatic rings. The zero-order valence-corrected chi connectivity index (χ0v) is 29.3. The Kier molecular flexibility index (Phi) is 10.9. The van der Waals surface area contributed by atoms with Crippen LogP contribution >= 0.6 is 0 Å². The van der Waals surface area contributed by atoms with Gasteiger partial charge in [0.15, 0.2) is 23.0 Å². The molecular weight excluding hydrogens is 670 g/mol. The lowest BCUT2D eigenvalue weighted by Gasteiger charge is -2.20. The van der Waals surface area contributed by atoms with Crippen molar-refractivity contribution in [3.8, 4) is 23.0 Å². The third-order valence-corrected chi connectivity index (χ3v) is 6.53. The van der Waals surface area contributed by atoms with Gasteiger partial charge in [0.25, 0.3) is 5.56 Å². The van der Waals surface area contributed by atoms with Crippen LogP contribution in [-0.2, 0) is 20.7 Å². The Morgan fingerprint density at radius 1 is 0.731 bits per heavy atom. The lowest BCUT2D eigenvalue weighted by molar-refractivity contribution is -0.112. The first-order valence-corrected chi connectivity index (χ1v) is 16.0. The maximum Gasteiger partial charge on any atom is 0.412 e. The van der Waals surface area contributed by atoms with Gasteiger partial charge >= 0.3 is 12.2 Å². The molecule has 2 aromatic carbocycles. The van der Waals surface area contributed by atoms with Crippen molar-refractivity contribution in [2.24, 2.45) is 4.99 Å². The van der Waals surface area contributed by atoms with Crippen LogP contribution in [0.1, 0.15) is 47.1 Å². The van der Waals surface area contributed by atoms with Crippen molar-refractivity contribution in [2.45, 2.75) is 59.2 Å². The van der Waals surface area contributed by atoms with E-state index in [1.807, 2.05) is 0 Å². The summed E-state index contributed by atoms with van der Waals surface area (Å²) in [7, 11) is 0. The number of ether oxygens (including phenoxy) is 4. The van der Waals surface area contributed by atoms with Crippen LogP contribution < -0.4 is 25.7 Å². The first kappa shape index (κ1) is 36.6. The van der Waals surface area contributed by atoms with Gasteiger partial charge in [0.1, 0.15) is 34.0 Å². The number of aromatic nitrogens is 4. The molecule has 4 heterocycles. The number of hydrogen-bond donors (Lipinski definition) is 3. The van der Waals surface area contributed by atoms with Crippen molar-refractivity contribution in [2.75, 3.05) is 10.6 Å². The summed E-state index contributed by atoms with van der Waals surface area (Å²) in [6.07, 6.45) is 4.61. The second-order valence-electron chi connectivity index (χ2n) is 13.3. The highest BCUT2D eigenvalue weighted by molar-refractivity contribution is 6.29. The van der Waals surface area contributed by atoms with Gasteiger partial charge in [0, 0.05) is 54.0 Å². The Balaban J connectivity index is 0.000000201. The Morgan fingerprint density at radius 2 is 1.29 bits per heavy atom. The Bertz CT molecular complexity index is 2200. The number of hydrogen-bond acceptors (Lipinski definition) is 12. The zero-order chi connectivity index (χ0) is 37.5. The second-order valence-corrected chi connectivity index (χ2v) is 13.3. The van der Waals surface area contributed by atoms with Gasteiger partial charge in [0.05, 0.1) is 12.4 Å². The molecule has 5 aromatic rings. The maximum atomic E-state index is 11.9. The van der Waals surface area contributed by atoms with E-state index in [0.29, 0.717) is 56.9 Å². The summed E-state index contributed by atoms with van der Waals surface area (Å²) in [5.74, 6) is 2.31. The number of rotatable bonds is 6. The van der Waals surface area contributed by atoms with Crippen LogP contribution in [-0.4, -0.2) is 55.3 Å². The van der Waals surface area contributed by atoms with E-state index in [2.05, 4.69) is 35.6 Å². The number of nitrogens with zero attached hydrogens (tertiary/aromatic N) is 4. The van der Waals surface area contributed by atoms with Crippen molar-refractivity contribution >= 4 is 52.5 Å². The highest BCUT2D eigenvalue weighted by Crippen LogP contribution is 2.33. The molecule has 1 aliphatic heterocycles. The summed E-state index contributed by atoms with van der Waals surface area (Å²) in [5.41, 5.74) is 0.954. The van der Waals surface area contributed by atoms with Crippen LogP contribution in [0.5, 0.6) is 23.0 Å². The van der Waals surface area contributed by atoms with E-state index in [1.54, 1.807) is 108 Å². The number of fused-ring (bicyclic) bond motifs is 2. The molecule has 2 amide bonds. The molecule has 0 bridgehead atoms. The van der Waals surface area contributed by atoms with E-state index in [0.717, 1.165) is 6.20 Å². The average Bonchev–Trinajstić information content (AvgIpc) is 3.04. The molecule has 0 fully saturated rings. The molecule has 6 rings (SSSR count). The molecule has 0 saturated carbocycles. The number of H-pyrrole nitrogens is 1. The molecule has 268 valence electrons. The van der Waals surface area contributed by atoms with Crippen LogP contribution in [0.4, 0.5) is 26.8 Å². The first-order valence-electron chi connectivity index (χ1n) is 16.0. The fourth-order valence-corrected chi connectivity index (χ4v) is 4.57. The van der Waals surface area contributed by atoms with Crippen LogP contribution in [0, 0.1) is 0 Å². The molecular formula is C37H37N7O8. The predicted octanol–water partition coefficient (Wildman–Crippen LogP) is 7.51. The van der Waals surface area contributed by atoms with Crippen LogP contribution in [0.15, 0.2) is 89.0 Å². The van der Waals surface area contributed by atoms with Crippen LogP contribution in [0.25, 0.3) is 11.2 Å². The van der Waals surface area contributed by atoms with E-state index in [1.165, 1.54) is 12.4 Å². The van der Waals surface area contributed by atoms with Crippen molar-refractivity contribution in [1.29, 1.82) is 0 Å². The Morgan fingerprint density at radius 3 is 1.88 bits per heavy atom. The number of pyridine rings is 2. The summed E-state index contributed by atoms with van der Waals surface area (Å²) < 4.78 is 22.2. The number of carbonyl (C=O) groups is 3. The number of nitrogens with one attached hydrogen (secondary N) is 3. The molecule has 0 saturated heterocycles. The summed E-state index contributed by atoms with van der Waals surface area (Å²) in [5, 5.41) is 5.32. The number of aliphatic imine (C=N–C) groups is 1. The highest BCUT2D eigenvalue weighted by Gasteiger charge is 2.20. The summed E-state index contributed by atoms with van der Waals surface area (Å²) in [6.45, 7) is 10.8. The van der Waals surface area contributed by atoms with E-state index >= 15 is 0 Å². The van der Waals surface area contributed by atoms with Gasteiger partial charge in [-0.1, -0.05) is 12.1 Å². The number of ketones is 1. The van der Waals surface area contributed by atoms with E-state index in [9.17, 15) is 19.2 Å². The number of carbonyl (C=O) groups excluding carboxylic acids is 3. The standard InChI is InChI=1S/C19H19N3O4.C18H18N4O4/c1-19(2,3)26-18(24)22-12-5-4-6-14(9-12)25-16-7-8-20-17-15(16)10-13(23)11-21-17;1-18(2,3)26-17(24)21-11-5-4-6-12(9-11)25-13-7-8-19-16-15(13)20-10-14(23)22-16/h4-9,11H,10H2,1-3H3,(H,22,24);4-10H,1-3H3,(H,21,24)(H,19,22,23). The van der Waals surface area contributed by atoms with Gasteiger partial charge in [-0.3, -0.25) is 20.2 Å². The third kappa shape index (κ3) is 10.7. The van der Waals surface area contributed by atoms with Gasteiger partial charge in [-0.15, -0.1) is 0 Å². The topological polar surface area (TPSA) is 196 Å². The second kappa shape index (κ2) is 15.5. The van der Waals surface area contributed by atoms with Crippen molar-refractivity contribution in [3.63, 3.8) is 0 Å². The first-order chi connectivity index (χ1) is 24.6. The molecule has 15 nitrogen and oxygen atoms in total. The molecule has 15 heteroatoms. The lowest BCUT2D eigenvalue weighted by Crippen LogP contribution is -2.27. The largest absolute Gasteiger partial charge is 0.457 e. The number of amides is 2. The minimum atomic E-state index is -0.587. The van der Waals surface area contributed by atoms with E-state index < -0.39 is 23.4 Å². The Hall–Kier alpha value is -6.64. The van der Waals surface area contributed by atoms with Crippen LogP contribution in [0.2, 0.25) is 0 Å². The molecule has 0 aliphatic carbocycles. The maximum absolute atomic E-state index is 11.9. The lowest BCUT2D eigenvalue weighted by atomic mass is 10.1. The van der Waals surface area contributed by atoms with Crippen molar-refractivity contribution < 1.29 is 33.3 Å². The predicted molar refractivity (Wildman–Crippen MR) is 194 cm³/mol. The highest BCUT2D eigenvalue weighted by atomic mass is 16.6. The number of anilines is 2. The van der Waals surface area contributed by atoms with E-state index in [-0.39, 0.29) is 17.8 Å². The smallest absolute Gasteiger partial charge is 0.412 e. The SMILES string of the molecule is CC(C)(C)OC(=O)Nc1cccc(Oc2ccnc3[nH]c(=O)cnc23)c1.CC(C)(C)OC(=O)Nc1cccc(Oc2ccnc3c2CC(=O)C=N3)c1. The molecule has 0 radical (unpaired) electrons.